The summed E-state index contributed by atoms with van der Waals surface area (Å²) in [5.41, 5.74) is 1.22. The lowest BCUT2D eigenvalue weighted by atomic mass is 10.1. The van der Waals surface area contributed by atoms with E-state index in [0.29, 0.717) is 6.61 Å². The minimum Gasteiger partial charge on any atom is -0.478 e. The number of aliphatic carboxylic acids is 1. The van der Waals surface area contributed by atoms with Crippen molar-refractivity contribution in [2.45, 2.75) is 90.9 Å². The number of carbonyl (C=O) groups excluding carboxylic acids is 1. The summed E-state index contributed by atoms with van der Waals surface area (Å²) in [6.07, 6.45) is 19.7. The SMILES string of the molecule is C=C(C=CC(=O)O)C(=O)OCCCC.C=Cc1ccccc1.CCCCCCCCCCCCS. The molecule has 0 amide bonds. The third kappa shape index (κ3) is 27.9. The second-order valence-corrected chi connectivity index (χ2v) is 8.65. The van der Waals surface area contributed by atoms with Gasteiger partial charge in [0.15, 0.2) is 0 Å². The molecule has 0 unspecified atom stereocenters. The number of carboxylic acid groups (broad SMARTS) is 1. The molecule has 1 N–H and O–H groups in total. The van der Waals surface area contributed by atoms with Crippen molar-refractivity contribution in [1.82, 2.24) is 0 Å². The Morgan fingerprint density at radius 1 is 0.857 bits per heavy atom. The van der Waals surface area contributed by atoms with Crippen molar-refractivity contribution < 1.29 is 19.4 Å². The third-order valence-electron chi connectivity index (χ3n) is 4.97. The number of carboxylic acids is 1. The van der Waals surface area contributed by atoms with E-state index >= 15 is 0 Å². The summed E-state index contributed by atoms with van der Waals surface area (Å²) >= 11 is 4.20. The Morgan fingerprint density at radius 3 is 1.80 bits per heavy atom. The molecule has 0 aliphatic rings. The zero-order chi connectivity index (χ0) is 26.6. The van der Waals surface area contributed by atoms with E-state index in [0.717, 1.165) is 30.7 Å². The van der Waals surface area contributed by atoms with Crippen molar-refractivity contribution in [3.63, 3.8) is 0 Å². The normalized spacial score (nSPS) is 9.91. The minimum absolute atomic E-state index is 0.0449. The van der Waals surface area contributed by atoms with Crippen LogP contribution in [0.2, 0.25) is 0 Å². The second kappa shape index (κ2) is 28.0. The third-order valence-corrected chi connectivity index (χ3v) is 5.28. The van der Waals surface area contributed by atoms with E-state index in [9.17, 15) is 9.59 Å². The van der Waals surface area contributed by atoms with Crippen LogP contribution in [0.3, 0.4) is 0 Å². The van der Waals surface area contributed by atoms with Gasteiger partial charge in [-0.2, -0.15) is 12.6 Å². The summed E-state index contributed by atoms with van der Waals surface area (Å²) in [6.45, 7) is 11.6. The van der Waals surface area contributed by atoms with Gasteiger partial charge < -0.3 is 9.84 Å². The summed E-state index contributed by atoms with van der Waals surface area (Å²) in [7, 11) is 0. The molecule has 0 heterocycles. The molecule has 198 valence electrons. The Kier molecular flexibility index (Phi) is 27.9. The van der Waals surface area contributed by atoms with Crippen LogP contribution in [0, 0.1) is 0 Å². The van der Waals surface area contributed by atoms with Gasteiger partial charge in [0.05, 0.1) is 12.2 Å². The Balaban J connectivity index is 0. The Bertz CT molecular complexity index is 673. The molecule has 0 aliphatic heterocycles. The van der Waals surface area contributed by atoms with Crippen LogP contribution in [0.25, 0.3) is 6.08 Å². The lowest BCUT2D eigenvalue weighted by molar-refractivity contribution is -0.138. The zero-order valence-electron chi connectivity index (χ0n) is 22.1. The molecule has 1 aromatic carbocycles. The number of esters is 1. The molecule has 0 fully saturated rings. The lowest BCUT2D eigenvalue weighted by Crippen LogP contribution is -2.07. The molecule has 0 radical (unpaired) electrons. The Morgan fingerprint density at radius 2 is 1.37 bits per heavy atom. The van der Waals surface area contributed by atoms with E-state index < -0.39 is 11.9 Å². The highest BCUT2D eigenvalue weighted by Crippen LogP contribution is 2.10. The topological polar surface area (TPSA) is 63.6 Å². The van der Waals surface area contributed by atoms with Gasteiger partial charge in [-0.25, -0.2) is 9.59 Å². The highest BCUT2D eigenvalue weighted by atomic mass is 32.1. The first-order valence-corrected chi connectivity index (χ1v) is 13.6. The summed E-state index contributed by atoms with van der Waals surface area (Å²) in [5, 5.41) is 8.28. The maximum absolute atomic E-state index is 11.1. The number of hydrogen-bond donors (Lipinski definition) is 2. The molecule has 1 aromatic rings. The molecular weight excluding hydrogens is 456 g/mol. The van der Waals surface area contributed by atoms with Gasteiger partial charge in [0.2, 0.25) is 0 Å². The van der Waals surface area contributed by atoms with E-state index in [-0.39, 0.29) is 5.57 Å². The molecule has 0 spiro atoms. The number of unbranched alkanes of at least 4 members (excludes halogenated alkanes) is 10. The van der Waals surface area contributed by atoms with E-state index in [4.69, 9.17) is 9.84 Å². The van der Waals surface area contributed by atoms with Crippen molar-refractivity contribution in [2.24, 2.45) is 0 Å². The molecule has 0 atom stereocenters. The molecular formula is C30H48O4S. The van der Waals surface area contributed by atoms with Crippen LogP contribution in [-0.2, 0) is 14.3 Å². The lowest BCUT2D eigenvalue weighted by Gasteiger charge is -2.02. The quantitative estimate of drug-likeness (QED) is 0.0732. The summed E-state index contributed by atoms with van der Waals surface area (Å²) < 4.78 is 4.79. The van der Waals surface area contributed by atoms with Crippen LogP contribution in [0.15, 0.2) is 61.2 Å². The van der Waals surface area contributed by atoms with Crippen molar-refractivity contribution in [3.8, 4) is 0 Å². The summed E-state index contributed by atoms with van der Waals surface area (Å²) in [4.78, 5) is 21.2. The molecule has 4 nitrogen and oxygen atoms in total. The van der Waals surface area contributed by atoms with Gasteiger partial charge in [0, 0.05) is 6.08 Å². The van der Waals surface area contributed by atoms with Crippen molar-refractivity contribution in [2.75, 3.05) is 12.4 Å². The highest BCUT2D eigenvalue weighted by Gasteiger charge is 2.04. The highest BCUT2D eigenvalue weighted by molar-refractivity contribution is 7.80. The van der Waals surface area contributed by atoms with E-state index in [1.807, 2.05) is 43.3 Å². The van der Waals surface area contributed by atoms with Crippen LogP contribution in [-0.4, -0.2) is 29.4 Å². The van der Waals surface area contributed by atoms with Crippen molar-refractivity contribution in [1.29, 1.82) is 0 Å². The monoisotopic (exact) mass is 504 g/mol. The van der Waals surface area contributed by atoms with Gasteiger partial charge in [0.25, 0.3) is 0 Å². The minimum atomic E-state index is -1.12. The number of thiol groups is 1. The molecule has 0 saturated carbocycles. The first-order valence-electron chi connectivity index (χ1n) is 13.0. The first-order chi connectivity index (χ1) is 16.9. The number of carbonyl (C=O) groups is 2. The van der Waals surface area contributed by atoms with Crippen LogP contribution in [0.4, 0.5) is 0 Å². The Labute approximate surface area is 220 Å². The largest absolute Gasteiger partial charge is 0.478 e. The molecule has 5 heteroatoms. The van der Waals surface area contributed by atoms with Crippen LogP contribution < -0.4 is 0 Å². The second-order valence-electron chi connectivity index (χ2n) is 8.21. The smallest absolute Gasteiger partial charge is 0.337 e. The average Bonchev–Trinajstić information content (AvgIpc) is 2.87. The zero-order valence-corrected chi connectivity index (χ0v) is 22.9. The number of rotatable bonds is 17. The van der Waals surface area contributed by atoms with Crippen molar-refractivity contribution in [3.05, 3.63) is 66.8 Å². The van der Waals surface area contributed by atoms with E-state index in [1.54, 1.807) is 0 Å². The van der Waals surface area contributed by atoms with E-state index in [2.05, 4.69) is 32.7 Å². The van der Waals surface area contributed by atoms with Crippen LogP contribution in [0.1, 0.15) is 96.5 Å². The standard InChI is InChI=1S/C12H26S.C10H14O4.C8H8/c1-2-3-4-5-6-7-8-9-10-11-12-13;1-3-4-7-14-10(13)8(2)5-6-9(11)12;1-2-8-6-4-3-5-7-8/h13H,2-12H2,1H3;5-6H,2-4,7H2,1H3,(H,11,12);2-7H,1H2. The van der Waals surface area contributed by atoms with Gasteiger partial charge in [-0.05, 0) is 30.2 Å². The maximum atomic E-state index is 11.1. The fourth-order valence-electron chi connectivity index (χ4n) is 2.83. The fraction of sp³-hybridized carbons (Fsp3) is 0.533. The average molecular weight is 505 g/mol. The van der Waals surface area contributed by atoms with Crippen LogP contribution in [0.5, 0.6) is 0 Å². The van der Waals surface area contributed by atoms with E-state index in [1.165, 1.54) is 69.8 Å². The molecule has 35 heavy (non-hydrogen) atoms. The molecule has 0 aliphatic carbocycles. The van der Waals surface area contributed by atoms with Gasteiger partial charge in [-0.3, -0.25) is 0 Å². The van der Waals surface area contributed by atoms with Crippen LogP contribution >= 0.6 is 12.6 Å². The van der Waals surface area contributed by atoms with Gasteiger partial charge in [-0.1, -0.05) is 128 Å². The number of ether oxygens (including phenoxy) is 1. The predicted molar refractivity (Wildman–Crippen MR) is 154 cm³/mol. The molecule has 0 aromatic heterocycles. The number of hydrogen-bond acceptors (Lipinski definition) is 4. The van der Waals surface area contributed by atoms with Gasteiger partial charge >= 0.3 is 11.9 Å². The Hall–Kier alpha value is -2.27. The van der Waals surface area contributed by atoms with Crippen molar-refractivity contribution >= 4 is 30.6 Å². The molecule has 1 rings (SSSR count). The fourth-order valence-corrected chi connectivity index (χ4v) is 3.05. The predicted octanol–water partition coefficient (Wildman–Crippen LogP) is 8.69. The summed E-state index contributed by atoms with van der Waals surface area (Å²) in [5.74, 6) is -0.625. The van der Waals surface area contributed by atoms with Gasteiger partial charge in [-0.15, -0.1) is 0 Å². The summed E-state index contributed by atoms with van der Waals surface area (Å²) in [6, 6.07) is 10.0. The molecule has 0 bridgehead atoms. The number of benzene rings is 1. The molecule has 0 saturated heterocycles. The van der Waals surface area contributed by atoms with Gasteiger partial charge in [0.1, 0.15) is 0 Å². The maximum Gasteiger partial charge on any atom is 0.337 e. The first kappa shape index (κ1) is 34.9.